The van der Waals surface area contributed by atoms with Crippen LogP contribution in [0.5, 0.6) is 28.7 Å². The van der Waals surface area contributed by atoms with Crippen LogP contribution in [-0.2, 0) is 27.2 Å². The number of hydrogen-bond donors (Lipinski definition) is 0. The van der Waals surface area contributed by atoms with Gasteiger partial charge in [0, 0.05) is 22.9 Å². The molecule has 5 aromatic carbocycles. The van der Waals surface area contributed by atoms with Crippen LogP contribution in [0.2, 0.25) is 0 Å². The normalized spacial score (nSPS) is 10.6. The first-order valence-corrected chi connectivity index (χ1v) is 16.9. The van der Waals surface area contributed by atoms with Gasteiger partial charge in [-0.2, -0.15) is 0 Å². The number of aryl methyl sites for hydroxylation is 1. The molecular weight excluding hydrogens is 708 g/mol. The Hall–Kier alpha value is -7.15. The van der Waals surface area contributed by atoms with Gasteiger partial charge in [0.2, 0.25) is 18.0 Å². The maximum Gasteiger partial charge on any atom is 0.337 e. The highest BCUT2D eigenvalue weighted by Gasteiger charge is 2.17. The summed E-state index contributed by atoms with van der Waals surface area (Å²) in [5, 5.41) is 10.6. The second-order valence-electron chi connectivity index (χ2n) is 11.9. The van der Waals surface area contributed by atoms with Crippen LogP contribution in [0.4, 0.5) is 0 Å². The summed E-state index contributed by atoms with van der Waals surface area (Å²) in [6, 6.07) is 28.6. The van der Waals surface area contributed by atoms with Crippen LogP contribution in [-0.4, -0.2) is 56.5 Å². The number of furan rings is 1. The number of ether oxygens (including phenoxy) is 6. The molecule has 0 aliphatic rings. The minimum atomic E-state index is -0.449. The van der Waals surface area contributed by atoms with E-state index in [-0.39, 0.29) is 18.8 Å². The third kappa shape index (κ3) is 9.08. The minimum absolute atomic E-state index is 0.117. The van der Waals surface area contributed by atoms with Crippen LogP contribution < -0.4 is 23.7 Å². The van der Waals surface area contributed by atoms with E-state index in [1.807, 2.05) is 36.4 Å². The van der Waals surface area contributed by atoms with E-state index in [1.54, 1.807) is 54.8 Å². The quantitative estimate of drug-likeness (QED) is 0.0881. The largest absolute Gasteiger partial charge is 0.493 e. The summed E-state index contributed by atoms with van der Waals surface area (Å²) in [7, 11) is 5.91. The van der Waals surface area contributed by atoms with E-state index in [1.165, 1.54) is 47.0 Å². The molecule has 7 rings (SSSR count). The van der Waals surface area contributed by atoms with Crippen molar-refractivity contribution >= 4 is 39.6 Å². The van der Waals surface area contributed by atoms with Gasteiger partial charge in [0.05, 0.1) is 46.7 Å². The maximum atomic E-state index is 12.5. The van der Waals surface area contributed by atoms with E-state index in [0.717, 1.165) is 38.4 Å². The lowest BCUT2D eigenvalue weighted by Crippen LogP contribution is -2.10. The van der Waals surface area contributed by atoms with Gasteiger partial charge in [-0.1, -0.05) is 30.3 Å². The van der Waals surface area contributed by atoms with Crippen LogP contribution in [0.3, 0.4) is 0 Å². The van der Waals surface area contributed by atoms with Crippen molar-refractivity contribution in [3.63, 3.8) is 0 Å². The smallest absolute Gasteiger partial charge is 0.337 e. The Morgan fingerprint density at radius 3 is 2.02 bits per heavy atom. The molecule has 7 aromatic rings. The average molecular weight is 745 g/mol. The van der Waals surface area contributed by atoms with Gasteiger partial charge in [0.1, 0.15) is 17.1 Å². The molecule has 0 saturated heterocycles. The summed E-state index contributed by atoms with van der Waals surface area (Å²) >= 11 is 0. The van der Waals surface area contributed by atoms with E-state index in [9.17, 15) is 14.4 Å². The van der Waals surface area contributed by atoms with E-state index in [4.69, 9.17) is 32.5 Å². The van der Waals surface area contributed by atoms with Crippen LogP contribution >= 0.6 is 0 Å². The van der Waals surface area contributed by atoms with Crippen LogP contribution in [0.15, 0.2) is 119 Å². The van der Waals surface area contributed by atoms with Gasteiger partial charge < -0.3 is 37.3 Å². The number of carbonyl (C=O) groups is 3. The molecule has 2 heterocycles. The fraction of sp³-hybridized carbons (Fsp3) is 0.167. The molecule has 0 unspecified atom stereocenters. The molecule has 0 N–H and O–H groups in total. The van der Waals surface area contributed by atoms with Crippen molar-refractivity contribution < 1.29 is 51.6 Å². The van der Waals surface area contributed by atoms with Crippen molar-refractivity contribution in [2.24, 2.45) is 0 Å². The highest BCUT2D eigenvalue weighted by atomic mass is 16.5. The van der Waals surface area contributed by atoms with Gasteiger partial charge in [-0.3, -0.25) is 9.59 Å². The van der Waals surface area contributed by atoms with Crippen molar-refractivity contribution in [2.45, 2.75) is 19.3 Å². The zero-order valence-electron chi connectivity index (χ0n) is 30.4. The summed E-state index contributed by atoms with van der Waals surface area (Å²) in [6.45, 7) is 0. The Morgan fingerprint density at radius 1 is 0.709 bits per heavy atom. The fourth-order valence-corrected chi connectivity index (χ4v) is 5.78. The Morgan fingerprint density at radius 2 is 1.38 bits per heavy atom. The topological polar surface area (TPSA) is 159 Å². The van der Waals surface area contributed by atoms with E-state index < -0.39 is 11.9 Å². The maximum absolute atomic E-state index is 12.5. The number of benzene rings is 5. The summed E-state index contributed by atoms with van der Waals surface area (Å²) in [5.41, 5.74) is 3.55. The lowest BCUT2D eigenvalue weighted by atomic mass is 10.0. The molecule has 280 valence electrons. The zero-order valence-corrected chi connectivity index (χ0v) is 30.4. The van der Waals surface area contributed by atoms with E-state index >= 15 is 0 Å². The number of fused-ring (bicyclic) bond motifs is 3. The molecule has 0 bridgehead atoms. The summed E-state index contributed by atoms with van der Waals surface area (Å²) in [4.78, 5) is 36.0. The molecule has 2 aromatic heterocycles. The molecular formula is C42H36N2O11. The zero-order chi connectivity index (χ0) is 38.7. The van der Waals surface area contributed by atoms with Gasteiger partial charge in [0.25, 0.3) is 0 Å². The number of methoxy groups -OCH3 is 4. The number of carbonyl (C=O) groups excluding carboxylic acids is 3. The van der Waals surface area contributed by atoms with Gasteiger partial charge in [-0.25, -0.2) is 4.79 Å². The van der Waals surface area contributed by atoms with Crippen LogP contribution in [0.1, 0.15) is 27.9 Å². The van der Waals surface area contributed by atoms with E-state index in [0.29, 0.717) is 46.6 Å². The molecule has 0 radical (unpaired) electrons. The van der Waals surface area contributed by atoms with Gasteiger partial charge in [-0.15, -0.1) is 10.2 Å². The molecule has 0 fully saturated rings. The Balaban J connectivity index is 0.000000187. The summed E-state index contributed by atoms with van der Waals surface area (Å²) in [5.74, 6) is 1.57. The average Bonchev–Trinajstić information content (AvgIpc) is 3.91. The summed E-state index contributed by atoms with van der Waals surface area (Å²) in [6.07, 6.45) is 3.61. The van der Waals surface area contributed by atoms with Crippen molar-refractivity contribution in [2.75, 3.05) is 28.4 Å². The second kappa shape index (κ2) is 17.6. The van der Waals surface area contributed by atoms with Gasteiger partial charge >= 0.3 is 17.9 Å². The van der Waals surface area contributed by atoms with Gasteiger partial charge in [0.15, 0.2) is 11.5 Å². The molecule has 13 heteroatoms. The van der Waals surface area contributed by atoms with Crippen molar-refractivity contribution in [1.82, 2.24) is 10.2 Å². The lowest BCUT2D eigenvalue weighted by Gasteiger charge is -2.14. The Bertz CT molecular complexity index is 2380. The third-order valence-corrected chi connectivity index (χ3v) is 8.42. The molecule has 13 nitrogen and oxygen atoms in total. The second-order valence-corrected chi connectivity index (χ2v) is 11.9. The molecule has 0 aliphatic carbocycles. The first-order chi connectivity index (χ1) is 26.8. The number of rotatable bonds is 12. The number of hydrogen-bond acceptors (Lipinski definition) is 13. The number of nitrogens with zero attached hydrogens (tertiary/aromatic N) is 2. The van der Waals surface area contributed by atoms with E-state index in [2.05, 4.69) is 14.9 Å². The Labute approximate surface area is 315 Å². The predicted molar refractivity (Wildman–Crippen MR) is 201 cm³/mol. The SMILES string of the molecule is COC(=O)c1ccc(OC(=O)CCc2cc(OC)c(OC)c(OC)c2)cc1.O=C(Cc1coc2ccc3ccccc3c12)Oc1ccc(-c2nnco2)cc1. The van der Waals surface area contributed by atoms with Gasteiger partial charge in [-0.05, 0) is 89.5 Å². The lowest BCUT2D eigenvalue weighted by molar-refractivity contribution is -0.135. The Kier molecular flexibility index (Phi) is 12.0. The molecule has 0 aliphatic heterocycles. The van der Waals surface area contributed by atoms with Crippen molar-refractivity contribution in [3.05, 3.63) is 126 Å². The van der Waals surface area contributed by atoms with Crippen molar-refractivity contribution in [1.29, 1.82) is 0 Å². The highest BCUT2D eigenvalue weighted by molar-refractivity contribution is 6.08. The molecule has 55 heavy (non-hydrogen) atoms. The highest BCUT2D eigenvalue weighted by Crippen LogP contribution is 2.38. The monoisotopic (exact) mass is 744 g/mol. The van der Waals surface area contributed by atoms with Crippen LogP contribution in [0.25, 0.3) is 33.2 Å². The molecule has 0 saturated carbocycles. The number of aromatic nitrogens is 2. The first-order valence-electron chi connectivity index (χ1n) is 16.9. The molecule has 0 amide bonds. The summed E-state index contributed by atoms with van der Waals surface area (Å²) < 4.78 is 42.0. The fourth-order valence-electron chi connectivity index (χ4n) is 5.78. The third-order valence-electron chi connectivity index (χ3n) is 8.42. The van der Waals surface area contributed by atoms with Crippen molar-refractivity contribution in [3.8, 4) is 40.2 Å². The van der Waals surface area contributed by atoms with Crippen LogP contribution in [0, 0.1) is 0 Å². The molecule has 0 spiro atoms. The standard InChI is InChI=1S/C22H14N2O4.C20H22O7/c25-20(28-17-8-5-15(6-9-17)22-24-23-13-27-22)11-16-12-26-19-10-7-14-3-1-2-4-18(14)21(16)19;1-23-16-11-13(12-17(24-2)19(16)25-3)5-10-18(21)27-15-8-6-14(7-9-15)20(22)26-4/h1-10,12-13H,11H2;6-9,11-12H,5,10H2,1-4H3. The number of esters is 3. The predicted octanol–water partition coefficient (Wildman–Crippen LogP) is 7.82. The first kappa shape index (κ1) is 37.6. The molecule has 0 atom stereocenters. The minimum Gasteiger partial charge on any atom is -0.493 e.